The minimum Gasteiger partial charge on any atom is -0.497 e. The van der Waals surface area contributed by atoms with Gasteiger partial charge in [-0.2, -0.15) is 0 Å². The van der Waals surface area contributed by atoms with Gasteiger partial charge in [-0.05, 0) is 69.1 Å². The van der Waals surface area contributed by atoms with Crippen molar-refractivity contribution in [1.29, 1.82) is 0 Å². The molecule has 0 spiro atoms. The molecule has 134 valence electrons. The number of hydrogen-bond acceptors (Lipinski definition) is 4. The Hall–Kier alpha value is -1.85. The summed E-state index contributed by atoms with van der Waals surface area (Å²) in [7, 11) is 1.68. The number of thiophene rings is 1. The molecule has 1 fully saturated rings. The Morgan fingerprint density at radius 1 is 1.24 bits per heavy atom. The van der Waals surface area contributed by atoms with Crippen molar-refractivity contribution >= 4 is 17.2 Å². The van der Waals surface area contributed by atoms with Gasteiger partial charge in [0.15, 0.2) is 0 Å². The molecule has 1 aliphatic heterocycles. The number of nitrogens with zero attached hydrogens (tertiary/aromatic N) is 1. The molecule has 2 heterocycles. The van der Waals surface area contributed by atoms with Crippen molar-refractivity contribution in [2.45, 2.75) is 32.7 Å². The van der Waals surface area contributed by atoms with Crippen molar-refractivity contribution in [2.24, 2.45) is 0 Å². The maximum Gasteiger partial charge on any atom is 0.261 e. The molecular weight excluding hydrogens is 332 g/mol. The number of carbonyl (C=O) groups is 1. The molecule has 1 aliphatic rings. The molecule has 1 N–H and O–H groups in total. The molecule has 25 heavy (non-hydrogen) atoms. The Bertz CT molecular complexity index is 698. The van der Waals surface area contributed by atoms with Crippen molar-refractivity contribution in [3.63, 3.8) is 0 Å². The van der Waals surface area contributed by atoms with Gasteiger partial charge in [0, 0.05) is 11.4 Å². The van der Waals surface area contributed by atoms with Crippen LogP contribution in [-0.2, 0) is 0 Å². The van der Waals surface area contributed by atoms with Crippen molar-refractivity contribution in [3.05, 3.63) is 51.2 Å². The van der Waals surface area contributed by atoms with Crippen molar-refractivity contribution in [1.82, 2.24) is 10.2 Å². The number of benzene rings is 1. The van der Waals surface area contributed by atoms with Gasteiger partial charge < -0.3 is 10.1 Å². The summed E-state index contributed by atoms with van der Waals surface area (Å²) < 4.78 is 5.26. The second-order valence-corrected chi connectivity index (χ2v) is 7.85. The minimum absolute atomic E-state index is 0.0268. The summed E-state index contributed by atoms with van der Waals surface area (Å²) in [5.74, 6) is 0.886. The maximum absolute atomic E-state index is 12.5. The highest BCUT2D eigenvalue weighted by molar-refractivity contribution is 7.14. The molecular formula is C20H26N2O2S. The average Bonchev–Trinajstić information content (AvgIpc) is 3.26. The zero-order chi connectivity index (χ0) is 17.8. The van der Waals surface area contributed by atoms with Crippen LogP contribution < -0.4 is 10.1 Å². The number of nitrogens with one attached hydrogen (secondary N) is 1. The lowest BCUT2D eigenvalue weighted by Crippen LogP contribution is -2.36. The van der Waals surface area contributed by atoms with E-state index in [9.17, 15) is 4.79 Å². The van der Waals surface area contributed by atoms with E-state index in [0.29, 0.717) is 6.54 Å². The smallest absolute Gasteiger partial charge is 0.261 e. The molecule has 5 heteroatoms. The first kappa shape index (κ1) is 18.0. The third-order valence-electron chi connectivity index (χ3n) is 4.93. The lowest BCUT2D eigenvalue weighted by Gasteiger charge is -2.28. The largest absolute Gasteiger partial charge is 0.497 e. The van der Waals surface area contributed by atoms with Crippen LogP contribution in [0.2, 0.25) is 0 Å². The highest BCUT2D eigenvalue weighted by Crippen LogP contribution is 2.27. The van der Waals surface area contributed by atoms with E-state index in [1.54, 1.807) is 18.4 Å². The van der Waals surface area contributed by atoms with Gasteiger partial charge in [0.2, 0.25) is 0 Å². The summed E-state index contributed by atoms with van der Waals surface area (Å²) in [5.41, 5.74) is 2.41. The van der Waals surface area contributed by atoms with Crippen molar-refractivity contribution < 1.29 is 9.53 Å². The fourth-order valence-electron chi connectivity index (χ4n) is 3.30. The topological polar surface area (TPSA) is 41.6 Å². The van der Waals surface area contributed by atoms with Crippen molar-refractivity contribution in [3.8, 4) is 5.75 Å². The second kappa shape index (κ2) is 8.02. The Labute approximate surface area is 153 Å². The first-order valence-corrected chi connectivity index (χ1v) is 9.63. The molecule has 1 atom stereocenters. The summed E-state index contributed by atoms with van der Waals surface area (Å²) in [6.45, 7) is 6.91. The zero-order valence-electron chi connectivity index (χ0n) is 15.2. The van der Waals surface area contributed by atoms with E-state index in [0.717, 1.165) is 23.7 Å². The Morgan fingerprint density at radius 2 is 1.92 bits per heavy atom. The number of hydrogen-bond donors (Lipinski definition) is 1. The minimum atomic E-state index is 0.0268. The number of rotatable bonds is 6. The molecule has 4 nitrogen and oxygen atoms in total. The van der Waals surface area contributed by atoms with Gasteiger partial charge in [0.25, 0.3) is 5.91 Å². The molecule has 1 aromatic carbocycles. The van der Waals surface area contributed by atoms with E-state index in [1.807, 2.05) is 25.1 Å². The molecule has 0 radical (unpaired) electrons. The predicted molar refractivity (Wildman–Crippen MR) is 103 cm³/mol. The number of amides is 1. The van der Waals surface area contributed by atoms with E-state index in [2.05, 4.69) is 29.3 Å². The van der Waals surface area contributed by atoms with Crippen LogP contribution in [0.25, 0.3) is 0 Å². The molecule has 2 aromatic rings. The molecule has 0 saturated carbocycles. The number of ether oxygens (including phenoxy) is 1. The van der Waals surface area contributed by atoms with E-state index < -0.39 is 0 Å². The van der Waals surface area contributed by atoms with Crippen LogP contribution in [0, 0.1) is 13.8 Å². The van der Waals surface area contributed by atoms with Crippen LogP contribution >= 0.6 is 11.3 Å². The summed E-state index contributed by atoms with van der Waals surface area (Å²) >= 11 is 1.56. The summed E-state index contributed by atoms with van der Waals surface area (Å²) in [4.78, 5) is 17.0. The monoisotopic (exact) mass is 358 g/mol. The van der Waals surface area contributed by atoms with E-state index in [-0.39, 0.29) is 11.9 Å². The molecule has 1 amide bonds. The fourth-order valence-corrected chi connectivity index (χ4v) is 4.25. The van der Waals surface area contributed by atoms with E-state index in [1.165, 1.54) is 28.8 Å². The highest BCUT2D eigenvalue weighted by Gasteiger charge is 2.24. The first-order chi connectivity index (χ1) is 12.1. The van der Waals surface area contributed by atoms with Crippen LogP contribution in [0.5, 0.6) is 5.75 Å². The summed E-state index contributed by atoms with van der Waals surface area (Å²) in [5, 5.41) is 3.14. The average molecular weight is 359 g/mol. The zero-order valence-corrected chi connectivity index (χ0v) is 16.0. The van der Waals surface area contributed by atoms with Gasteiger partial charge in [0.1, 0.15) is 5.75 Å². The van der Waals surface area contributed by atoms with Crippen LogP contribution in [0.3, 0.4) is 0 Å². The van der Waals surface area contributed by atoms with E-state index >= 15 is 0 Å². The molecule has 3 rings (SSSR count). The molecule has 0 aliphatic carbocycles. The van der Waals surface area contributed by atoms with Gasteiger partial charge >= 0.3 is 0 Å². The van der Waals surface area contributed by atoms with Gasteiger partial charge in [-0.3, -0.25) is 9.69 Å². The standard InChI is InChI=1S/C20H26N2O2S/c1-14-12-19(25-15(14)2)20(23)21-13-18(22-10-4-5-11-22)16-6-8-17(24-3)9-7-16/h6-9,12,18H,4-5,10-11,13H2,1-3H3,(H,21,23). The summed E-state index contributed by atoms with van der Waals surface area (Å²) in [6, 6.07) is 10.4. The SMILES string of the molecule is COc1ccc(C(CNC(=O)c2cc(C)c(C)s2)N2CCCC2)cc1. The normalized spacial score (nSPS) is 16.0. The van der Waals surface area contributed by atoms with Crippen LogP contribution in [0.1, 0.15) is 44.6 Å². The third-order valence-corrected chi connectivity index (χ3v) is 6.08. The maximum atomic E-state index is 12.5. The Balaban J connectivity index is 1.72. The lowest BCUT2D eigenvalue weighted by atomic mass is 10.1. The Kier molecular flexibility index (Phi) is 5.76. The van der Waals surface area contributed by atoms with Gasteiger partial charge in [-0.1, -0.05) is 12.1 Å². The van der Waals surface area contributed by atoms with Crippen LogP contribution in [-0.4, -0.2) is 37.6 Å². The van der Waals surface area contributed by atoms with Gasteiger partial charge in [-0.25, -0.2) is 0 Å². The quantitative estimate of drug-likeness (QED) is 0.850. The number of carbonyl (C=O) groups excluding carboxylic acids is 1. The number of aryl methyl sites for hydroxylation is 2. The van der Waals surface area contributed by atoms with Crippen LogP contribution in [0.15, 0.2) is 30.3 Å². The second-order valence-electron chi connectivity index (χ2n) is 6.59. The van der Waals surface area contributed by atoms with Gasteiger partial charge in [0.05, 0.1) is 18.0 Å². The predicted octanol–water partition coefficient (Wildman–Crippen LogP) is 3.94. The first-order valence-electron chi connectivity index (χ1n) is 8.81. The number of methoxy groups -OCH3 is 1. The number of likely N-dealkylation sites (tertiary alicyclic amines) is 1. The van der Waals surface area contributed by atoms with Gasteiger partial charge in [-0.15, -0.1) is 11.3 Å². The fraction of sp³-hybridized carbons (Fsp3) is 0.450. The molecule has 1 saturated heterocycles. The molecule has 1 aromatic heterocycles. The molecule has 0 bridgehead atoms. The highest BCUT2D eigenvalue weighted by atomic mass is 32.1. The summed E-state index contributed by atoms with van der Waals surface area (Å²) in [6.07, 6.45) is 2.45. The third kappa shape index (κ3) is 4.22. The van der Waals surface area contributed by atoms with Crippen LogP contribution in [0.4, 0.5) is 0 Å². The Morgan fingerprint density at radius 3 is 2.48 bits per heavy atom. The molecule has 1 unspecified atom stereocenters. The van der Waals surface area contributed by atoms with Crippen molar-refractivity contribution in [2.75, 3.05) is 26.7 Å². The van der Waals surface area contributed by atoms with E-state index in [4.69, 9.17) is 4.74 Å². The lowest BCUT2D eigenvalue weighted by molar-refractivity contribution is 0.0942.